The first-order chi connectivity index (χ1) is 16.0. The Kier molecular flexibility index (Phi) is 6.55. The number of hydrogen-bond donors (Lipinski definition) is 2. The molecule has 1 saturated carbocycles. The van der Waals surface area contributed by atoms with Gasteiger partial charge in [-0.2, -0.15) is 15.1 Å². The summed E-state index contributed by atoms with van der Waals surface area (Å²) in [7, 11) is 1.69. The molecule has 11 heteroatoms. The lowest BCUT2D eigenvalue weighted by Crippen LogP contribution is -2.60. The maximum atomic E-state index is 14.9. The van der Waals surface area contributed by atoms with Gasteiger partial charge in [0.25, 0.3) is 0 Å². The van der Waals surface area contributed by atoms with Crippen LogP contribution in [0.4, 0.5) is 26.6 Å². The summed E-state index contributed by atoms with van der Waals surface area (Å²) in [4.78, 5) is 24.4. The van der Waals surface area contributed by atoms with Crippen LogP contribution < -0.4 is 15.0 Å². The van der Waals surface area contributed by atoms with E-state index in [1.807, 2.05) is 38.7 Å². The van der Waals surface area contributed by atoms with E-state index < -0.39 is 11.3 Å². The van der Waals surface area contributed by atoms with Crippen LogP contribution in [0.25, 0.3) is 0 Å². The molecule has 1 saturated heterocycles. The molecule has 0 spiro atoms. The fourth-order valence-corrected chi connectivity index (χ4v) is 3.82. The molecule has 1 aliphatic carbocycles. The molecule has 0 bridgehead atoms. The van der Waals surface area contributed by atoms with E-state index in [1.54, 1.807) is 13.1 Å². The molecule has 0 radical (unpaired) electrons. The van der Waals surface area contributed by atoms with Crippen molar-refractivity contribution < 1.29 is 18.7 Å². The van der Waals surface area contributed by atoms with E-state index in [1.165, 1.54) is 4.90 Å². The summed E-state index contributed by atoms with van der Waals surface area (Å²) in [5.74, 6) is 1.92. The standard InChI is InChI=1S/C23H34FN7O3/c1-15-11-18(29-28-15)25-17-12-19(31-13-23(24,14-31)16-7-8-16)27-20(26-17)33-10-6-9-30(5)21(32)34-22(2,3)4/h11-12,16H,6-10,13-14H2,1-5H3,(H2,25,26,27,28,29). The molecule has 0 aromatic carbocycles. The van der Waals surface area contributed by atoms with Crippen molar-refractivity contribution in [2.45, 2.75) is 58.2 Å². The fourth-order valence-electron chi connectivity index (χ4n) is 3.82. The summed E-state index contributed by atoms with van der Waals surface area (Å²) in [6.07, 6.45) is 2.12. The molecule has 2 aromatic rings. The van der Waals surface area contributed by atoms with Gasteiger partial charge in [-0.3, -0.25) is 5.10 Å². The van der Waals surface area contributed by atoms with Gasteiger partial charge in [-0.25, -0.2) is 9.18 Å². The van der Waals surface area contributed by atoms with E-state index in [0.29, 0.717) is 50.1 Å². The Hall–Kier alpha value is -3.11. The fraction of sp³-hybridized carbons (Fsp3) is 0.652. The zero-order valence-corrected chi connectivity index (χ0v) is 20.5. The third-order valence-electron chi connectivity index (χ3n) is 5.77. The number of hydrogen-bond acceptors (Lipinski definition) is 8. The lowest BCUT2D eigenvalue weighted by Gasteiger charge is -2.45. The lowest BCUT2D eigenvalue weighted by molar-refractivity contribution is 0.0291. The number of carbonyl (C=O) groups excluding carboxylic acids is 1. The second kappa shape index (κ2) is 9.27. The Morgan fingerprint density at radius 2 is 2.03 bits per heavy atom. The predicted octanol–water partition coefficient (Wildman–Crippen LogP) is 3.83. The highest BCUT2D eigenvalue weighted by Crippen LogP contribution is 2.48. The van der Waals surface area contributed by atoms with E-state index in [2.05, 4.69) is 25.5 Å². The molecule has 2 aliphatic rings. The van der Waals surface area contributed by atoms with Crippen molar-refractivity contribution in [3.8, 4) is 6.01 Å². The summed E-state index contributed by atoms with van der Waals surface area (Å²) in [6, 6.07) is 3.83. The molecule has 0 atom stereocenters. The Labute approximate surface area is 199 Å². The van der Waals surface area contributed by atoms with Crippen molar-refractivity contribution in [1.29, 1.82) is 0 Å². The van der Waals surface area contributed by atoms with Gasteiger partial charge < -0.3 is 24.6 Å². The van der Waals surface area contributed by atoms with Gasteiger partial charge >= 0.3 is 12.1 Å². The van der Waals surface area contributed by atoms with E-state index in [9.17, 15) is 9.18 Å². The third kappa shape index (κ3) is 6.06. The van der Waals surface area contributed by atoms with Gasteiger partial charge in [0.1, 0.15) is 22.9 Å². The maximum absolute atomic E-state index is 14.9. The van der Waals surface area contributed by atoms with E-state index in [0.717, 1.165) is 18.5 Å². The van der Waals surface area contributed by atoms with Gasteiger partial charge in [-0.15, -0.1) is 0 Å². The first-order valence-electron chi connectivity index (χ1n) is 11.7. The first-order valence-corrected chi connectivity index (χ1v) is 11.7. The summed E-state index contributed by atoms with van der Waals surface area (Å²) in [5, 5.41) is 10.2. The number of carbonyl (C=O) groups is 1. The minimum Gasteiger partial charge on any atom is -0.463 e. The summed E-state index contributed by atoms with van der Waals surface area (Å²) in [6.45, 7) is 8.83. The molecule has 2 fully saturated rings. The molecule has 186 valence electrons. The highest BCUT2D eigenvalue weighted by atomic mass is 19.1. The highest BCUT2D eigenvalue weighted by Gasteiger charge is 2.54. The van der Waals surface area contributed by atoms with Crippen LogP contribution in [-0.4, -0.2) is 75.7 Å². The van der Waals surface area contributed by atoms with E-state index >= 15 is 0 Å². The topological polar surface area (TPSA) is 108 Å². The molecule has 2 N–H and O–H groups in total. The number of alkyl halides is 1. The SMILES string of the molecule is Cc1cc(Nc2cc(N3CC(F)(C4CC4)C3)nc(OCCCN(C)C(=O)OC(C)(C)C)n2)n[nH]1. The predicted molar refractivity (Wildman–Crippen MR) is 126 cm³/mol. The van der Waals surface area contributed by atoms with Crippen LogP contribution in [0.1, 0.15) is 45.7 Å². The van der Waals surface area contributed by atoms with Gasteiger partial charge in [0.05, 0.1) is 19.7 Å². The van der Waals surface area contributed by atoms with Gasteiger partial charge in [0.15, 0.2) is 5.82 Å². The number of amides is 1. The number of aromatic nitrogens is 4. The van der Waals surface area contributed by atoms with E-state index in [-0.39, 0.29) is 18.0 Å². The molecule has 10 nitrogen and oxygen atoms in total. The number of nitrogens with zero attached hydrogens (tertiary/aromatic N) is 5. The van der Waals surface area contributed by atoms with Crippen molar-refractivity contribution in [1.82, 2.24) is 25.1 Å². The van der Waals surface area contributed by atoms with Gasteiger partial charge in [0, 0.05) is 31.4 Å². The van der Waals surface area contributed by atoms with Crippen LogP contribution in [0.3, 0.4) is 0 Å². The molecule has 3 heterocycles. The molecule has 2 aromatic heterocycles. The highest BCUT2D eigenvalue weighted by molar-refractivity contribution is 5.67. The van der Waals surface area contributed by atoms with Gasteiger partial charge in [-0.05, 0) is 52.9 Å². The maximum Gasteiger partial charge on any atom is 0.410 e. The van der Waals surface area contributed by atoms with Crippen molar-refractivity contribution in [2.75, 3.05) is 43.5 Å². The Morgan fingerprint density at radius 3 is 2.65 bits per heavy atom. The monoisotopic (exact) mass is 475 g/mol. The van der Waals surface area contributed by atoms with Crippen LogP contribution >= 0.6 is 0 Å². The molecule has 1 amide bonds. The number of anilines is 3. The summed E-state index contributed by atoms with van der Waals surface area (Å²) >= 11 is 0. The van der Waals surface area contributed by atoms with Crippen molar-refractivity contribution in [3.63, 3.8) is 0 Å². The minimum absolute atomic E-state index is 0.174. The second-order valence-corrected chi connectivity index (χ2v) is 10.2. The first kappa shape index (κ1) is 24.0. The average Bonchev–Trinajstić information content (AvgIpc) is 3.50. The molecule has 4 rings (SSSR count). The van der Waals surface area contributed by atoms with Crippen LogP contribution in [0, 0.1) is 12.8 Å². The number of ether oxygens (including phenoxy) is 2. The van der Waals surface area contributed by atoms with Crippen LogP contribution in [-0.2, 0) is 4.74 Å². The number of aryl methyl sites for hydroxylation is 1. The minimum atomic E-state index is -1.12. The van der Waals surface area contributed by atoms with Crippen LogP contribution in [0.15, 0.2) is 12.1 Å². The van der Waals surface area contributed by atoms with Crippen molar-refractivity contribution in [2.24, 2.45) is 5.92 Å². The molecular formula is C23H34FN7O3. The Balaban J connectivity index is 1.37. The number of nitrogens with one attached hydrogen (secondary N) is 2. The van der Waals surface area contributed by atoms with Crippen molar-refractivity contribution >= 4 is 23.5 Å². The Morgan fingerprint density at radius 1 is 1.29 bits per heavy atom. The molecule has 0 unspecified atom stereocenters. The average molecular weight is 476 g/mol. The zero-order chi connectivity index (χ0) is 24.5. The smallest absolute Gasteiger partial charge is 0.410 e. The Bertz CT molecular complexity index is 1010. The normalized spacial score (nSPS) is 17.2. The summed E-state index contributed by atoms with van der Waals surface area (Å²) in [5.41, 5.74) is -0.748. The number of aromatic amines is 1. The number of H-pyrrole nitrogens is 1. The van der Waals surface area contributed by atoms with Crippen LogP contribution in [0.2, 0.25) is 0 Å². The van der Waals surface area contributed by atoms with Gasteiger partial charge in [0.2, 0.25) is 0 Å². The zero-order valence-electron chi connectivity index (χ0n) is 20.5. The van der Waals surface area contributed by atoms with Gasteiger partial charge in [-0.1, -0.05) is 0 Å². The number of halogens is 1. The van der Waals surface area contributed by atoms with Crippen molar-refractivity contribution in [3.05, 3.63) is 17.8 Å². The molecular weight excluding hydrogens is 441 g/mol. The lowest BCUT2D eigenvalue weighted by atomic mass is 9.91. The second-order valence-electron chi connectivity index (χ2n) is 10.2. The quantitative estimate of drug-likeness (QED) is 0.527. The molecule has 1 aliphatic heterocycles. The molecule has 34 heavy (non-hydrogen) atoms. The number of rotatable bonds is 9. The van der Waals surface area contributed by atoms with E-state index in [4.69, 9.17) is 9.47 Å². The largest absolute Gasteiger partial charge is 0.463 e. The summed E-state index contributed by atoms with van der Waals surface area (Å²) < 4.78 is 26.0. The third-order valence-corrected chi connectivity index (χ3v) is 5.77. The van der Waals surface area contributed by atoms with Crippen LogP contribution in [0.5, 0.6) is 6.01 Å².